The van der Waals surface area contributed by atoms with Gasteiger partial charge in [0, 0.05) is 12.1 Å². The minimum Gasteiger partial charge on any atom is -0.463 e. The van der Waals surface area contributed by atoms with Crippen molar-refractivity contribution in [3.05, 3.63) is 23.7 Å². The standard InChI is InChI=1S/C13H24N2O/c1-10(2)14-8-12-6-7-13(16-12)9-15(5)11(3)4/h6-7,10-11,14H,8-9H2,1-5H3. The van der Waals surface area contributed by atoms with Gasteiger partial charge < -0.3 is 9.73 Å². The molecular weight excluding hydrogens is 200 g/mol. The van der Waals surface area contributed by atoms with Crippen LogP contribution in [0.2, 0.25) is 0 Å². The van der Waals surface area contributed by atoms with Gasteiger partial charge in [0.15, 0.2) is 0 Å². The average molecular weight is 224 g/mol. The molecule has 0 fully saturated rings. The Morgan fingerprint density at radius 2 is 1.81 bits per heavy atom. The monoisotopic (exact) mass is 224 g/mol. The van der Waals surface area contributed by atoms with Crippen molar-refractivity contribution in [2.45, 2.75) is 52.9 Å². The fourth-order valence-corrected chi connectivity index (χ4v) is 1.34. The molecule has 92 valence electrons. The molecule has 0 saturated heterocycles. The molecular formula is C13H24N2O. The lowest BCUT2D eigenvalue weighted by atomic mass is 10.3. The Hall–Kier alpha value is -0.800. The van der Waals surface area contributed by atoms with Crippen molar-refractivity contribution < 1.29 is 4.42 Å². The van der Waals surface area contributed by atoms with Crippen LogP contribution in [0.5, 0.6) is 0 Å². The summed E-state index contributed by atoms with van der Waals surface area (Å²) in [7, 11) is 2.11. The highest BCUT2D eigenvalue weighted by atomic mass is 16.3. The highest BCUT2D eigenvalue weighted by Gasteiger charge is 2.08. The second-order valence-electron chi connectivity index (χ2n) is 4.91. The summed E-state index contributed by atoms with van der Waals surface area (Å²) in [6.07, 6.45) is 0. The minimum absolute atomic E-state index is 0.492. The van der Waals surface area contributed by atoms with Crippen LogP contribution >= 0.6 is 0 Å². The lowest BCUT2D eigenvalue weighted by Gasteiger charge is -2.19. The summed E-state index contributed by atoms with van der Waals surface area (Å²) in [5, 5.41) is 3.34. The first kappa shape index (κ1) is 13.3. The van der Waals surface area contributed by atoms with Gasteiger partial charge in [-0.15, -0.1) is 0 Å². The maximum atomic E-state index is 5.75. The number of hydrogen-bond acceptors (Lipinski definition) is 3. The normalized spacial score (nSPS) is 12.0. The van der Waals surface area contributed by atoms with Gasteiger partial charge in [0.1, 0.15) is 11.5 Å². The van der Waals surface area contributed by atoms with E-state index in [1.54, 1.807) is 0 Å². The first-order chi connectivity index (χ1) is 7.49. The molecule has 3 nitrogen and oxygen atoms in total. The predicted octanol–water partition coefficient (Wildman–Crippen LogP) is 2.62. The quantitative estimate of drug-likeness (QED) is 0.805. The second kappa shape index (κ2) is 6.06. The third-order valence-corrected chi connectivity index (χ3v) is 2.69. The lowest BCUT2D eigenvalue weighted by Crippen LogP contribution is -2.25. The zero-order valence-corrected chi connectivity index (χ0v) is 11.1. The smallest absolute Gasteiger partial charge is 0.118 e. The van der Waals surface area contributed by atoms with Gasteiger partial charge in [-0.25, -0.2) is 0 Å². The highest BCUT2D eigenvalue weighted by molar-refractivity contribution is 5.07. The molecule has 0 radical (unpaired) electrons. The van der Waals surface area contributed by atoms with Gasteiger partial charge in [0.05, 0.1) is 13.1 Å². The van der Waals surface area contributed by atoms with Gasteiger partial charge in [0.25, 0.3) is 0 Å². The Morgan fingerprint density at radius 3 is 2.38 bits per heavy atom. The Balaban J connectivity index is 2.45. The van der Waals surface area contributed by atoms with Crippen molar-refractivity contribution >= 4 is 0 Å². The van der Waals surface area contributed by atoms with Crippen molar-refractivity contribution in [3.8, 4) is 0 Å². The zero-order chi connectivity index (χ0) is 12.1. The molecule has 1 rings (SSSR count). The van der Waals surface area contributed by atoms with Gasteiger partial charge in [-0.1, -0.05) is 13.8 Å². The van der Waals surface area contributed by atoms with E-state index >= 15 is 0 Å². The summed E-state index contributed by atoms with van der Waals surface area (Å²) in [6, 6.07) is 5.16. The highest BCUT2D eigenvalue weighted by Crippen LogP contribution is 2.11. The van der Waals surface area contributed by atoms with Crippen LogP contribution in [0.15, 0.2) is 16.5 Å². The first-order valence-corrected chi connectivity index (χ1v) is 6.00. The Bertz CT molecular complexity index is 305. The topological polar surface area (TPSA) is 28.4 Å². The molecule has 0 aliphatic heterocycles. The van der Waals surface area contributed by atoms with Gasteiger partial charge in [-0.05, 0) is 33.0 Å². The van der Waals surface area contributed by atoms with Crippen molar-refractivity contribution in [1.82, 2.24) is 10.2 Å². The minimum atomic E-state index is 0.492. The Morgan fingerprint density at radius 1 is 1.19 bits per heavy atom. The molecule has 0 saturated carbocycles. The number of furan rings is 1. The number of rotatable bonds is 6. The van der Waals surface area contributed by atoms with Crippen LogP contribution in [0.3, 0.4) is 0 Å². The molecule has 0 amide bonds. The molecule has 0 spiro atoms. The number of hydrogen-bond donors (Lipinski definition) is 1. The summed E-state index contributed by atoms with van der Waals surface area (Å²) in [6.45, 7) is 10.3. The van der Waals surface area contributed by atoms with Crippen molar-refractivity contribution in [2.75, 3.05) is 7.05 Å². The van der Waals surface area contributed by atoms with Crippen molar-refractivity contribution in [3.63, 3.8) is 0 Å². The van der Waals surface area contributed by atoms with Crippen LogP contribution in [0.4, 0.5) is 0 Å². The fourth-order valence-electron chi connectivity index (χ4n) is 1.34. The van der Waals surface area contributed by atoms with Crippen LogP contribution in [0.1, 0.15) is 39.2 Å². The van der Waals surface area contributed by atoms with Crippen LogP contribution in [-0.4, -0.2) is 24.0 Å². The van der Waals surface area contributed by atoms with Crippen LogP contribution in [-0.2, 0) is 13.1 Å². The van der Waals surface area contributed by atoms with Gasteiger partial charge in [-0.2, -0.15) is 0 Å². The third-order valence-electron chi connectivity index (χ3n) is 2.69. The van der Waals surface area contributed by atoms with E-state index in [0.29, 0.717) is 12.1 Å². The largest absolute Gasteiger partial charge is 0.463 e. The van der Waals surface area contributed by atoms with E-state index in [1.807, 2.05) is 0 Å². The number of nitrogens with one attached hydrogen (secondary N) is 1. The van der Waals surface area contributed by atoms with Crippen LogP contribution < -0.4 is 5.32 Å². The van der Waals surface area contributed by atoms with E-state index in [9.17, 15) is 0 Å². The van der Waals surface area contributed by atoms with Gasteiger partial charge in [0.2, 0.25) is 0 Å². The predicted molar refractivity (Wildman–Crippen MR) is 67.3 cm³/mol. The zero-order valence-electron chi connectivity index (χ0n) is 11.1. The molecule has 1 heterocycles. The van der Waals surface area contributed by atoms with Crippen molar-refractivity contribution in [2.24, 2.45) is 0 Å². The van der Waals surface area contributed by atoms with Crippen molar-refractivity contribution in [1.29, 1.82) is 0 Å². The van der Waals surface area contributed by atoms with Gasteiger partial charge >= 0.3 is 0 Å². The molecule has 16 heavy (non-hydrogen) atoms. The van der Waals surface area contributed by atoms with E-state index in [2.05, 4.69) is 57.1 Å². The molecule has 0 unspecified atom stereocenters. The summed E-state index contributed by atoms with van der Waals surface area (Å²) in [4.78, 5) is 2.26. The second-order valence-corrected chi connectivity index (χ2v) is 4.91. The lowest BCUT2D eigenvalue weighted by molar-refractivity contribution is 0.240. The summed E-state index contributed by atoms with van der Waals surface area (Å²) >= 11 is 0. The van der Waals surface area contributed by atoms with Crippen LogP contribution in [0.25, 0.3) is 0 Å². The average Bonchev–Trinajstić information content (AvgIpc) is 2.62. The molecule has 0 atom stereocenters. The molecule has 0 aliphatic rings. The fraction of sp³-hybridized carbons (Fsp3) is 0.692. The van der Waals surface area contributed by atoms with E-state index in [1.165, 1.54) is 0 Å². The molecule has 1 aromatic rings. The van der Waals surface area contributed by atoms with E-state index in [4.69, 9.17) is 4.42 Å². The van der Waals surface area contributed by atoms with E-state index in [-0.39, 0.29) is 0 Å². The maximum Gasteiger partial charge on any atom is 0.118 e. The Kier molecular flexibility index (Phi) is 5.03. The summed E-state index contributed by atoms with van der Waals surface area (Å²) in [5.74, 6) is 2.05. The summed E-state index contributed by atoms with van der Waals surface area (Å²) < 4.78 is 5.75. The van der Waals surface area contributed by atoms with E-state index < -0.39 is 0 Å². The molecule has 1 aromatic heterocycles. The molecule has 3 heteroatoms. The Labute approximate surface area is 98.8 Å². The SMILES string of the molecule is CC(C)NCc1ccc(CN(C)C(C)C)o1. The molecule has 1 N–H and O–H groups in total. The van der Waals surface area contributed by atoms with E-state index in [0.717, 1.165) is 24.6 Å². The first-order valence-electron chi connectivity index (χ1n) is 6.00. The maximum absolute atomic E-state index is 5.75. The molecule has 0 aliphatic carbocycles. The number of nitrogens with zero attached hydrogens (tertiary/aromatic N) is 1. The molecule has 0 bridgehead atoms. The summed E-state index contributed by atoms with van der Waals surface area (Å²) in [5.41, 5.74) is 0. The third kappa shape index (κ3) is 4.37. The van der Waals surface area contributed by atoms with Crippen LogP contribution in [0, 0.1) is 0 Å². The van der Waals surface area contributed by atoms with Gasteiger partial charge in [-0.3, -0.25) is 4.90 Å². The molecule has 0 aromatic carbocycles.